The molecule has 0 saturated heterocycles. The first-order valence-corrected chi connectivity index (χ1v) is 6.08. The summed E-state index contributed by atoms with van der Waals surface area (Å²) >= 11 is 0. The molecule has 1 heterocycles. The Labute approximate surface area is 128 Å². The second-order valence-corrected chi connectivity index (χ2v) is 4.53. The van der Waals surface area contributed by atoms with Gasteiger partial charge in [0.15, 0.2) is 11.5 Å². The lowest BCUT2D eigenvalue weighted by Gasteiger charge is -2.19. The summed E-state index contributed by atoms with van der Waals surface area (Å²) in [5.41, 5.74) is -3.48. The van der Waals surface area contributed by atoms with Gasteiger partial charge in [-0.2, -0.15) is 40.2 Å². The van der Waals surface area contributed by atoms with Crippen LogP contribution in [0, 0.1) is 0 Å². The van der Waals surface area contributed by atoms with Crippen molar-refractivity contribution >= 4 is 5.82 Å². The van der Waals surface area contributed by atoms with Crippen LogP contribution in [0.15, 0.2) is 30.3 Å². The van der Waals surface area contributed by atoms with Gasteiger partial charge >= 0.3 is 18.3 Å². The molecule has 1 aromatic carbocycles. The topological polar surface area (TPSA) is 55.9 Å². The highest BCUT2D eigenvalue weighted by atomic mass is 19.4. The number of aromatic nitrogens is 2. The highest BCUT2D eigenvalue weighted by Gasteiger charge is 2.64. The Balaban J connectivity index is 2.84. The monoisotopic (exact) mass is 360 g/mol. The van der Waals surface area contributed by atoms with Gasteiger partial charge in [0, 0.05) is 0 Å². The number of anilines is 1. The van der Waals surface area contributed by atoms with Crippen molar-refractivity contribution in [3.8, 4) is 5.69 Å². The summed E-state index contributed by atoms with van der Waals surface area (Å²) in [6, 6.07) is 6.42. The van der Waals surface area contributed by atoms with Crippen LogP contribution in [0.3, 0.4) is 0 Å². The summed E-state index contributed by atoms with van der Waals surface area (Å²) in [5.74, 6) is -2.16. The van der Waals surface area contributed by atoms with E-state index in [0.717, 1.165) is 12.1 Å². The number of nitrogens with two attached hydrogens (primary N) is 1. The second kappa shape index (κ2) is 5.61. The summed E-state index contributed by atoms with van der Waals surface area (Å²) in [7, 11) is 0. The van der Waals surface area contributed by atoms with Crippen molar-refractivity contribution in [2.24, 2.45) is 5.84 Å². The largest absolute Gasteiger partial charge is 0.459 e. The number of nitrogen functional groups attached to an aromatic ring is 1. The molecule has 0 radical (unpaired) electrons. The Kier molecular flexibility index (Phi) is 4.20. The Morgan fingerprint density at radius 1 is 0.917 bits per heavy atom. The highest BCUT2D eigenvalue weighted by Crippen LogP contribution is 2.50. The number of para-hydroxylation sites is 1. The molecule has 0 aliphatic carbocycles. The maximum Gasteiger partial charge on any atom is 0.459 e. The van der Waals surface area contributed by atoms with Crippen molar-refractivity contribution in [3.63, 3.8) is 0 Å². The average molecular weight is 360 g/mol. The van der Waals surface area contributed by atoms with E-state index in [1.54, 1.807) is 0 Å². The van der Waals surface area contributed by atoms with Crippen molar-refractivity contribution in [1.82, 2.24) is 9.78 Å². The number of hydrazine groups is 1. The third-order valence-corrected chi connectivity index (χ3v) is 2.96. The zero-order valence-corrected chi connectivity index (χ0v) is 11.4. The van der Waals surface area contributed by atoms with Gasteiger partial charge in [-0.05, 0) is 12.1 Å². The van der Waals surface area contributed by atoms with Crippen LogP contribution in [0.25, 0.3) is 5.69 Å². The van der Waals surface area contributed by atoms with Crippen LogP contribution in [0.4, 0.5) is 40.9 Å². The first kappa shape index (κ1) is 18.0. The van der Waals surface area contributed by atoms with E-state index >= 15 is 0 Å². The molecule has 0 saturated carbocycles. The van der Waals surface area contributed by atoms with E-state index in [-0.39, 0.29) is 10.4 Å². The van der Waals surface area contributed by atoms with E-state index in [2.05, 4.69) is 5.10 Å². The van der Waals surface area contributed by atoms with Gasteiger partial charge < -0.3 is 5.43 Å². The van der Waals surface area contributed by atoms with Crippen LogP contribution in [0.1, 0.15) is 11.3 Å². The minimum atomic E-state index is -6.27. The fourth-order valence-corrected chi connectivity index (χ4v) is 1.93. The molecule has 0 unspecified atom stereocenters. The van der Waals surface area contributed by atoms with Gasteiger partial charge in [-0.3, -0.25) is 0 Å². The van der Waals surface area contributed by atoms with Gasteiger partial charge in [-0.1, -0.05) is 18.2 Å². The van der Waals surface area contributed by atoms with E-state index in [9.17, 15) is 35.1 Å². The molecule has 0 aliphatic heterocycles. The van der Waals surface area contributed by atoms with Crippen LogP contribution in [0.2, 0.25) is 0 Å². The number of rotatable bonds is 3. The molecule has 0 atom stereocenters. The molecule has 2 rings (SSSR count). The molecular formula is C12H8F8N4. The Hall–Kier alpha value is -2.37. The molecule has 24 heavy (non-hydrogen) atoms. The SMILES string of the molecule is NNc1c(C(F)(F)F)c(C(F)(F)C(F)(F)F)nn1-c1ccccc1. The summed E-state index contributed by atoms with van der Waals surface area (Å²) in [6.45, 7) is 0. The summed E-state index contributed by atoms with van der Waals surface area (Å²) in [4.78, 5) is 0. The fraction of sp³-hybridized carbons (Fsp3) is 0.250. The zero-order valence-electron chi connectivity index (χ0n) is 11.4. The number of nitrogens with zero attached hydrogens (tertiary/aromatic N) is 2. The van der Waals surface area contributed by atoms with Crippen LogP contribution in [0.5, 0.6) is 0 Å². The number of alkyl halides is 8. The van der Waals surface area contributed by atoms with Gasteiger partial charge in [-0.25, -0.2) is 10.5 Å². The average Bonchev–Trinajstić information content (AvgIpc) is 2.87. The quantitative estimate of drug-likeness (QED) is 0.497. The summed E-state index contributed by atoms with van der Waals surface area (Å²) < 4.78 is 104. The van der Waals surface area contributed by atoms with E-state index < -0.39 is 35.4 Å². The van der Waals surface area contributed by atoms with Gasteiger partial charge in [0.25, 0.3) is 0 Å². The van der Waals surface area contributed by atoms with Crippen LogP contribution in [-0.4, -0.2) is 16.0 Å². The molecule has 1 aromatic heterocycles. The van der Waals surface area contributed by atoms with E-state index in [1.807, 2.05) is 0 Å². The number of hydrogen-bond donors (Lipinski definition) is 2. The van der Waals surface area contributed by atoms with Gasteiger partial charge in [-0.15, -0.1) is 0 Å². The van der Waals surface area contributed by atoms with Crippen LogP contribution in [-0.2, 0) is 12.1 Å². The first-order chi connectivity index (χ1) is 10.9. The van der Waals surface area contributed by atoms with E-state index in [1.165, 1.54) is 23.6 Å². The normalized spacial score (nSPS) is 13.2. The lowest BCUT2D eigenvalue weighted by Crippen LogP contribution is -2.36. The molecule has 3 N–H and O–H groups in total. The molecule has 0 bridgehead atoms. The number of halogens is 8. The Bertz CT molecular complexity index is 717. The zero-order chi connectivity index (χ0) is 18.3. The predicted octanol–water partition coefficient (Wildman–Crippen LogP) is 3.83. The summed E-state index contributed by atoms with van der Waals surface area (Å²) in [5, 5.41) is 2.84. The molecule has 2 aromatic rings. The minimum absolute atomic E-state index is 0.194. The van der Waals surface area contributed by atoms with Crippen LogP contribution < -0.4 is 11.3 Å². The highest BCUT2D eigenvalue weighted by molar-refractivity contribution is 5.55. The minimum Gasteiger partial charge on any atom is -0.308 e. The first-order valence-electron chi connectivity index (χ1n) is 6.08. The number of hydrogen-bond acceptors (Lipinski definition) is 3. The molecule has 0 amide bonds. The van der Waals surface area contributed by atoms with E-state index in [0.29, 0.717) is 0 Å². The van der Waals surface area contributed by atoms with Crippen molar-refractivity contribution in [3.05, 3.63) is 41.6 Å². The lowest BCUT2D eigenvalue weighted by molar-refractivity contribution is -0.292. The predicted molar refractivity (Wildman–Crippen MR) is 66.3 cm³/mol. The van der Waals surface area contributed by atoms with Gasteiger partial charge in [0.1, 0.15) is 5.56 Å². The van der Waals surface area contributed by atoms with Crippen molar-refractivity contribution in [1.29, 1.82) is 0 Å². The van der Waals surface area contributed by atoms with Crippen molar-refractivity contribution < 1.29 is 35.1 Å². The number of benzene rings is 1. The second-order valence-electron chi connectivity index (χ2n) is 4.53. The van der Waals surface area contributed by atoms with Crippen LogP contribution >= 0.6 is 0 Å². The third kappa shape index (κ3) is 2.88. The maximum atomic E-state index is 13.5. The van der Waals surface area contributed by atoms with Crippen molar-refractivity contribution in [2.75, 3.05) is 5.43 Å². The van der Waals surface area contributed by atoms with Gasteiger partial charge in [0.05, 0.1) is 5.69 Å². The number of nitrogens with one attached hydrogen (secondary N) is 1. The lowest BCUT2D eigenvalue weighted by atomic mass is 10.1. The molecular weight excluding hydrogens is 352 g/mol. The molecule has 0 spiro atoms. The molecule has 0 aliphatic rings. The van der Waals surface area contributed by atoms with Crippen molar-refractivity contribution in [2.45, 2.75) is 18.3 Å². The fourth-order valence-electron chi connectivity index (χ4n) is 1.93. The standard InChI is InChI=1S/C12H8F8N4/c13-10(14,12(18,19)20)8-7(11(15,16)17)9(22-21)24(23-8)6-4-2-1-3-5-6/h1-5,22H,21H2. The summed E-state index contributed by atoms with van der Waals surface area (Å²) in [6.07, 6.45) is -11.8. The molecule has 4 nitrogen and oxygen atoms in total. The molecule has 132 valence electrons. The van der Waals surface area contributed by atoms with E-state index in [4.69, 9.17) is 5.84 Å². The Morgan fingerprint density at radius 3 is 1.88 bits per heavy atom. The maximum absolute atomic E-state index is 13.5. The van der Waals surface area contributed by atoms with Gasteiger partial charge in [0.2, 0.25) is 0 Å². The smallest absolute Gasteiger partial charge is 0.308 e. The Morgan fingerprint density at radius 2 is 1.46 bits per heavy atom. The molecule has 0 fully saturated rings. The third-order valence-electron chi connectivity index (χ3n) is 2.96. The molecule has 12 heteroatoms.